The molecule has 1 N–H and O–H groups in total. The van der Waals surface area contributed by atoms with Crippen LogP contribution < -0.4 is 5.32 Å². The molecule has 1 rings (SSSR count). The second-order valence-electron chi connectivity index (χ2n) is 3.38. The number of hydrogen-bond acceptors (Lipinski definition) is 3. The van der Waals surface area contributed by atoms with Gasteiger partial charge in [-0.15, -0.1) is 12.6 Å². The molecule has 0 aliphatic carbocycles. The molecule has 1 aromatic carbocycles. The zero-order valence-corrected chi connectivity index (χ0v) is 10.6. The van der Waals surface area contributed by atoms with Crippen molar-refractivity contribution >= 4 is 30.3 Å². The molecule has 0 radical (unpaired) electrons. The quantitative estimate of drug-likeness (QED) is 0.793. The monoisotopic (exact) mass is 241 g/mol. The van der Waals surface area contributed by atoms with E-state index >= 15 is 0 Å². The summed E-state index contributed by atoms with van der Waals surface area (Å²) in [6.07, 6.45) is 2.02. The average Bonchev–Trinajstić information content (AvgIpc) is 2.18. The van der Waals surface area contributed by atoms with Gasteiger partial charge in [0.25, 0.3) is 5.91 Å². The van der Waals surface area contributed by atoms with Gasteiger partial charge in [0.1, 0.15) is 0 Å². The molecule has 1 atom stereocenters. The summed E-state index contributed by atoms with van der Waals surface area (Å²) in [5.74, 6) is 0.888. The van der Waals surface area contributed by atoms with Gasteiger partial charge in [-0.3, -0.25) is 4.79 Å². The van der Waals surface area contributed by atoms with Crippen molar-refractivity contribution in [3.05, 3.63) is 29.8 Å². The molecule has 0 fully saturated rings. The van der Waals surface area contributed by atoms with Crippen LogP contribution in [0.25, 0.3) is 0 Å². The van der Waals surface area contributed by atoms with Crippen LogP contribution in [0.15, 0.2) is 29.2 Å². The van der Waals surface area contributed by atoms with Crippen LogP contribution in [-0.2, 0) is 0 Å². The van der Waals surface area contributed by atoms with Gasteiger partial charge in [-0.1, -0.05) is 6.07 Å². The third-order valence-electron chi connectivity index (χ3n) is 1.90. The van der Waals surface area contributed by atoms with Crippen LogP contribution in [0.4, 0.5) is 0 Å². The molecule has 0 heterocycles. The van der Waals surface area contributed by atoms with Gasteiger partial charge < -0.3 is 5.32 Å². The molecule has 0 bridgehead atoms. The Morgan fingerprint density at radius 1 is 1.60 bits per heavy atom. The SMILES string of the molecule is CSCC(C)NC(=O)c1cccc(S)c1. The van der Waals surface area contributed by atoms with Crippen molar-refractivity contribution in [3.63, 3.8) is 0 Å². The summed E-state index contributed by atoms with van der Waals surface area (Å²) in [6.45, 7) is 2.00. The summed E-state index contributed by atoms with van der Waals surface area (Å²) in [6, 6.07) is 7.43. The summed E-state index contributed by atoms with van der Waals surface area (Å²) < 4.78 is 0. The number of amides is 1. The first-order valence-electron chi connectivity index (χ1n) is 4.72. The minimum atomic E-state index is -0.0348. The Kier molecular flexibility index (Phi) is 5.05. The minimum Gasteiger partial charge on any atom is -0.349 e. The first-order valence-corrected chi connectivity index (χ1v) is 6.56. The average molecular weight is 241 g/mol. The molecular formula is C11H15NOS2. The lowest BCUT2D eigenvalue weighted by molar-refractivity contribution is 0.0943. The highest BCUT2D eigenvalue weighted by molar-refractivity contribution is 7.98. The molecule has 4 heteroatoms. The molecule has 0 spiro atoms. The van der Waals surface area contributed by atoms with Gasteiger partial charge in [-0.25, -0.2) is 0 Å². The molecule has 1 amide bonds. The predicted octanol–water partition coefficient (Wildman–Crippen LogP) is 2.46. The number of thioether (sulfide) groups is 1. The van der Waals surface area contributed by atoms with E-state index in [-0.39, 0.29) is 11.9 Å². The largest absolute Gasteiger partial charge is 0.349 e. The molecule has 0 saturated carbocycles. The number of benzene rings is 1. The summed E-state index contributed by atoms with van der Waals surface area (Å²) in [5, 5.41) is 2.93. The van der Waals surface area contributed by atoms with Gasteiger partial charge >= 0.3 is 0 Å². The highest BCUT2D eigenvalue weighted by Crippen LogP contribution is 2.09. The van der Waals surface area contributed by atoms with E-state index in [1.54, 1.807) is 23.9 Å². The third kappa shape index (κ3) is 4.18. The van der Waals surface area contributed by atoms with Crippen LogP contribution in [-0.4, -0.2) is 24.0 Å². The van der Waals surface area contributed by atoms with E-state index in [1.165, 1.54) is 0 Å². The zero-order valence-electron chi connectivity index (χ0n) is 8.86. The molecule has 1 unspecified atom stereocenters. The van der Waals surface area contributed by atoms with E-state index in [4.69, 9.17) is 0 Å². The molecular weight excluding hydrogens is 226 g/mol. The van der Waals surface area contributed by atoms with E-state index in [0.717, 1.165) is 10.6 Å². The van der Waals surface area contributed by atoms with Gasteiger partial charge in [0.2, 0.25) is 0 Å². The molecule has 15 heavy (non-hydrogen) atoms. The first-order chi connectivity index (χ1) is 7.13. The van der Waals surface area contributed by atoms with E-state index in [2.05, 4.69) is 17.9 Å². The van der Waals surface area contributed by atoms with Crippen molar-refractivity contribution in [2.24, 2.45) is 0 Å². The van der Waals surface area contributed by atoms with Crippen LogP contribution in [0.5, 0.6) is 0 Å². The highest BCUT2D eigenvalue weighted by Gasteiger charge is 2.08. The van der Waals surface area contributed by atoms with Crippen molar-refractivity contribution in [2.45, 2.75) is 17.9 Å². The zero-order chi connectivity index (χ0) is 11.3. The maximum Gasteiger partial charge on any atom is 0.251 e. The van der Waals surface area contributed by atoms with Gasteiger partial charge in [0.15, 0.2) is 0 Å². The van der Waals surface area contributed by atoms with Crippen LogP contribution in [0, 0.1) is 0 Å². The lowest BCUT2D eigenvalue weighted by Gasteiger charge is -2.12. The van der Waals surface area contributed by atoms with Gasteiger partial charge in [-0.05, 0) is 31.4 Å². The Morgan fingerprint density at radius 3 is 2.93 bits per heavy atom. The molecule has 1 aromatic rings. The number of hydrogen-bond donors (Lipinski definition) is 2. The van der Waals surface area contributed by atoms with E-state index in [0.29, 0.717) is 5.56 Å². The van der Waals surface area contributed by atoms with Crippen molar-refractivity contribution in [3.8, 4) is 0 Å². The Hall–Kier alpha value is -0.610. The molecule has 0 aliphatic heterocycles. The molecule has 0 saturated heterocycles. The summed E-state index contributed by atoms with van der Waals surface area (Å²) >= 11 is 5.92. The first kappa shape index (κ1) is 12.5. The lowest BCUT2D eigenvalue weighted by Crippen LogP contribution is -2.34. The van der Waals surface area contributed by atoms with Crippen LogP contribution in [0.1, 0.15) is 17.3 Å². The Morgan fingerprint density at radius 2 is 2.33 bits per heavy atom. The number of nitrogens with one attached hydrogen (secondary N) is 1. The van der Waals surface area contributed by atoms with Crippen LogP contribution in [0.2, 0.25) is 0 Å². The summed E-state index contributed by atoms with van der Waals surface area (Å²) in [4.78, 5) is 12.5. The normalized spacial score (nSPS) is 12.2. The van der Waals surface area contributed by atoms with Crippen molar-refractivity contribution in [2.75, 3.05) is 12.0 Å². The van der Waals surface area contributed by atoms with Gasteiger partial charge in [0, 0.05) is 22.3 Å². The third-order valence-corrected chi connectivity index (χ3v) is 3.01. The van der Waals surface area contributed by atoms with Crippen molar-refractivity contribution < 1.29 is 4.79 Å². The maximum absolute atomic E-state index is 11.7. The number of carbonyl (C=O) groups is 1. The number of thiol groups is 1. The predicted molar refractivity (Wildman–Crippen MR) is 69.0 cm³/mol. The fourth-order valence-corrected chi connectivity index (χ4v) is 2.05. The number of carbonyl (C=O) groups excluding carboxylic acids is 1. The second-order valence-corrected chi connectivity index (χ2v) is 4.81. The lowest BCUT2D eigenvalue weighted by atomic mass is 10.2. The summed E-state index contributed by atoms with van der Waals surface area (Å²) in [5.41, 5.74) is 0.662. The molecule has 0 aromatic heterocycles. The van der Waals surface area contributed by atoms with Crippen LogP contribution in [0.3, 0.4) is 0 Å². The van der Waals surface area contributed by atoms with E-state index in [1.807, 2.05) is 25.3 Å². The highest BCUT2D eigenvalue weighted by atomic mass is 32.2. The molecule has 0 aliphatic rings. The minimum absolute atomic E-state index is 0.0348. The van der Waals surface area contributed by atoms with E-state index < -0.39 is 0 Å². The summed E-state index contributed by atoms with van der Waals surface area (Å²) in [7, 11) is 0. The van der Waals surface area contributed by atoms with E-state index in [9.17, 15) is 4.79 Å². The Labute approximate surface area is 100 Å². The fourth-order valence-electron chi connectivity index (χ4n) is 1.25. The number of rotatable bonds is 4. The fraction of sp³-hybridized carbons (Fsp3) is 0.364. The maximum atomic E-state index is 11.7. The topological polar surface area (TPSA) is 29.1 Å². The van der Waals surface area contributed by atoms with Crippen molar-refractivity contribution in [1.82, 2.24) is 5.32 Å². The van der Waals surface area contributed by atoms with Crippen LogP contribution >= 0.6 is 24.4 Å². The molecule has 2 nitrogen and oxygen atoms in total. The smallest absolute Gasteiger partial charge is 0.251 e. The standard InChI is InChI=1S/C11H15NOS2/c1-8(7-15-2)12-11(13)9-4-3-5-10(14)6-9/h3-6,8,14H,7H2,1-2H3,(H,12,13). The Bertz CT molecular complexity index is 341. The van der Waals surface area contributed by atoms with Gasteiger partial charge in [-0.2, -0.15) is 11.8 Å². The molecule has 82 valence electrons. The Balaban J connectivity index is 2.61. The van der Waals surface area contributed by atoms with Gasteiger partial charge in [0.05, 0.1) is 0 Å². The second kappa shape index (κ2) is 6.08. The van der Waals surface area contributed by atoms with Crippen molar-refractivity contribution in [1.29, 1.82) is 0 Å².